The Morgan fingerprint density at radius 2 is 1.95 bits per heavy atom. The van der Waals surface area contributed by atoms with Crippen molar-refractivity contribution in [2.24, 2.45) is 5.92 Å². The molecule has 1 amide bonds. The molecule has 0 atom stereocenters. The van der Waals surface area contributed by atoms with Crippen molar-refractivity contribution < 1.29 is 9.53 Å². The van der Waals surface area contributed by atoms with Crippen molar-refractivity contribution in [3.05, 3.63) is 29.8 Å². The van der Waals surface area contributed by atoms with E-state index in [1.54, 1.807) is 7.11 Å². The molecule has 1 fully saturated rings. The van der Waals surface area contributed by atoms with Gasteiger partial charge >= 0.3 is 0 Å². The fourth-order valence-corrected chi connectivity index (χ4v) is 2.62. The maximum Gasteiger partial charge on any atom is 0.226 e. The monoisotopic (exact) mass is 276 g/mol. The average Bonchev–Trinajstić information content (AvgIpc) is 2.53. The van der Waals surface area contributed by atoms with E-state index in [0.29, 0.717) is 12.5 Å². The van der Waals surface area contributed by atoms with Crippen LogP contribution in [-0.2, 0) is 11.3 Å². The minimum absolute atomic E-state index is 0.189. The maximum atomic E-state index is 12.5. The second-order valence-electron chi connectivity index (χ2n) is 5.22. The number of methoxy groups -OCH3 is 1. The first kappa shape index (κ1) is 14.9. The predicted octanol–water partition coefficient (Wildman–Crippen LogP) is 2.04. The molecular formula is C16H24N2O2. The van der Waals surface area contributed by atoms with Gasteiger partial charge < -0.3 is 15.0 Å². The lowest BCUT2D eigenvalue weighted by Crippen LogP contribution is -2.40. The first-order valence-electron chi connectivity index (χ1n) is 7.37. The lowest BCUT2D eigenvalue weighted by molar-refractivity contribution is -0.136. The Hall–Kier alpha value is -1.55. The summed E-state index contributed by atoms with van der Waals surface area (Å²) in [5, 5.41) is 3.30. The molecule has 1 aliphatic heterocycles. The van der Waals surface area contributed by atoms with Crippen molar-refractivity contribution in [3.63, 3.8) is 0 Å². The molecule has 0 aromatic heterocycles. The Labute approximate surface area is 121 Å². The third-order valence-electron chi connectivity index (χ3n) is 3.91. The summed E-state index contributed by atoms with van der Waals surface area (Å²) in [6.45, 7) is 5.40. The lowest BCUT2D eigenvalue weighted by Gasteiger charge is -2.29. The molecule has 1 aromatic carbocycles. The van der Waals surface area contributed by atoms with E-state index in [9.17, 15) is 4.79 Å². The molecule has 4 nitrogen and oxygen atoms in total. The van der Waals surface area contributed by atoms with Crippen molar-refractivity contribution in [1.29, 1.82) is 0 Å². The van der Waals surface area contributed by atoms with Crippen LogP contribution in [0.1, 0.15) is 25.3 Å². The highest BCUT2D eigenvalue weighted by molar-refractivity contribution is 5.79. The van der Waals surface area contributed by atoms with E-state index in [0.717, 1.165) is 43.8 Å². The number of piperidine rings is 1. The topological polar surface area (TPSA) is 41.6 Å². The Morgan fingerprint density at radius 3 is 2.50 bits per heavy atom. The number of rotatable bonds is 5. The number of nitrogens with one attached hydrogen (secondary N) is 1. The molecule has 0 spiro atoms. The van der Waals surface area contributed by atoms with Gasteiger partial charge in [0.25, 0.3) is 0 Å². The number of ether oxygens (including phenoxy) is 1. The van der Waals surface area contributed by atoms with Crippen molar-refractivity contribution in [3.8, 4) is 5.75 Å². The van der Waals surface area contributed by atoms with E-state index in [-0.39, 0.29) is 5.92 Å². The van der Waals surface area contributed by atoms with Crippen LogP contribution in [0.25, 0.3) is 0 Å². The quantitative estimate of drug-likeness (QED) is 0.895. The summed E-state index contributed by atoms with van der Waals surface area (Å²) in [5.74, 6) is 1.33. The Bertz CT molecular complexity index is 425. The molecule has 1 aromatic rings. The van der Waals surface area contributed by atoms with E-state index in [1.807, 2.05) is 36.1 Å². The molecule has 1 saturated heterocycles. The van der Waals surface area contributed by atoms with Gasteiger partial charge in [-0.2, -0.15) is 0 Å². The number of hydrogen-bond acceptors (Lipinski definition) is 3. The van der Waals surface area contributed by atoms with Crippen LogP contribution < -0.4 is 10.1 Å². The van der Waals surface area contributed by atoms with Crippen LogP contribution in [0, 0.1) is 5.92 Å². The number of benzene rings is 1. The average molecular weight is 276 g/mol. The van der Waals surface area contributed by atoms with Gasteiger partial charge in [0.1, 0.15) is 5.75 Å². The molecule has 0 aliphatic carbocycles. The molecule has 1 heterocycles. The van der Waals surface area contributed by atoms with Gasteiger partial charge in [0.05, 0.1) is 7.11 Å². The number of nitrogens with zero attached hydrogens (tertiary/aromatic N) is 1. The molecule has 0 radical (unpaired) electrons. The van der Waals surface area contributed by atoms with Gasteiger partial charge in [-0.25, -0.2) is 0 Å². The summed E-state index contributed by atoms with van der Waals surface area (Å²) in [4.78, 5) is 14.5. The third-order valence-corrected chi connectivity index (χ3v) is 3.91. The van der Waals surface area contributed by atoms with Gasteiger partial charge in [-0.1, -0.05) is 12.1 Å². The highest BCUT2D eigenvalue weighted by Gasteiger charge is 2.24. The van der Waals surface area contributed by atoms with Crippen molar-refractivity contribution in [2.45, 2.75) is 26.3 Å². The zero-order valence-corrected chi connectivity index (χ0v) is 12.4. The summed E-state index contributed by atoms with van der Waals surface area (Å²) >= 11 is 0. The van der Waals surface area contributed by atoms with E-state index in [4.69, 9.17) is 4.74 Å². The van der Waals surface area contributed by atoms with E-state index in [2.05, 4.69) is 5.32 Å². The highest BCUT2D eigenvalue weighted by Crippen LogP contribution is 2.18. The molecule has 1 aliphatic rings. The Balaban J connectivity index is 1.97. The largest absolute Gasteiger partial charge is 0.497 e. The van der Waals surface area contributed by atoms with Crippen LogP contribution in [0.2, 0.25) is 0 Å². The zero-order valence-electron chi connectivity index (χ0n) is 12.4. The standard InChI is InChI=1S/C16H24N2O2/c1-3-18(16(19)14-8-10-17-11-9-14)12-13-4-6-15(20-2)7-5-13/h4-7,14,17H,3,8-12H2,1-2H3. The second-order valence-corrected chi connectivity index (χ2v) is 5.22. The third kappa shape index (κ3) is 3.73. The summed E-state index contributed by atoms with van der Waals surface area (Å²) in [6.07, 6.45) is 1.91. The number of amides is 1. The molecule has 0 bridgehead atoms. The molecule has 2 rings (SSSR count). The fraction of sp³-hybridized carbons (Fsp3) is 0.562. The van der Waals surface area contributed by atoms with E-state index >= 15 is 0 Å². The van der Waals surface area contributed by atoms with Gasteiger partial charge in [0, 0.05) is 19.0 Å². The molecule has 0 saturated carbocycles. The molecule has 110 valence electrons. The maximum absolute atomic E-state index is 12.5. The van der Waals surface area contributed by atoms with Crippen molar-refractivity contribution in [1.82, 2.24) is 10.2 Å². The van der Waals surface area contributed by atoms with Gasteiger partial charge in [-0.05, 0) is 50.6 Å². The van der Waals surface area contributed by atoms with Crippen LogP contribution in [0.5, 0.6) is 5.75 Å². The summed E-state index contributed by atoms with van der Waals surface area (Å²) in [6, 6.07) is 7.94. The molecule has 4 heteroatoms. The first-order chi connectivity index (χ1) is 9.74. The fourth-order valence-electron chi connectivity index (χ4n) is 2.62. The van der Waals surface area contributed by atoms with Crippen LogP contribution in [-0.4, -0.2) is 37.6 Å². The van der Waals surface area contributed by atoms with Crippen LogP contribution >= 0.6 is 0 Å². The predicted molar refractivity (Wildman–Crippen MR) is 79.7 cm³/mol. The summed E-state index contributed by atoms with van der Waals surface area (Å²) < 4.78 is 5.16. The van der Waals surface area contributed by atoms with Gasteiger partial charge in [0.2, 0.25) is 5.91 Å². The smallest absolute Gasteiger partial charge is 0.226 e. The van der Waals surface area contributed by atoms with Gasteiger partial charge in [-0.15, -0.1) is 0 Å². The summed E-state index contributed by atoms with van der Waals surface area (Å²) in [7, 11) is 1.66. The molecular weight excluding hydrogens is 252 g/mol. The molecule has 20 heavy (non-hydrogen) atoms. The second kappa shape index (κ2) is 7.29. The van der Waals surface area contributed by atoms with Crippen molar-refractivity contribution >= 4 is 5.91 Å². The van der Waals surface area contributed by atoms with Gasteiger partial charge in [0.15, 0.2) is 0 Å². The minimum atomic E-state index is 0.189. The highest BCUT2D eigenvalue weighted by atomic mass is 16.5. The molecule has 1 N–H and O–H groups in total. The van der Waals surface area contributed by atoms with Crippen LogP contribution in [0.3, 0.4) is 0 Å². The lowest BCUT2D eigenvalue weighted by atomic mass is 9.96. The normalized spacial score (nSPS) is 15.9. The Kier molecular flexibility index (Phi) is 5.41. The van der Waals surface area contributed by atoms with E-state index < -0.39 is 0 Å². The zero-order chi connectivity index (χ0) is 14.4. The van der Waals surface area contributed by atoms with Crippen LogP contribution in [0.4, 0.5) is 0 Å². The Morgan fingerprint density at radius 1 is 1.30 bits per heavy atom. The SMILES string of the molecule is CCN(Cc1ccc(OC)cc1)C(=O)C1CCNCC1. The van der Waals surface area contributed by atoms with Gasteiger partial charge in [-0.3, -0.25) is 4.79 Å². The number of carbonyl (C=O) groups excluding carboxylic acids is 1. The summed E-state index contributed by atoms with van der Waals surface area (Å²) in [5.41, 5.74) is 1.15. The van der Waals surface area contributed by atoms with Crippen molar-refractivity contribution in [2.75, 3.05) is 26.7 Å². The van der Waals surface area contributed by atoms with E-state index in [1.165, 1.54) is 0 Å². The number of hydrogen-bond donors (Lipinski definition) is 1. The first-order valence-corrected chi connectivity index (χ1v) is 7.37. The molecule has 0 unspecified atom stereocenters. The number of carbonyl (C=O) groups is 1. The van der Waals surface area contributed by atoms with Crippen LogP contribution in [0.15, 0.2) is 24.3 Å². The minimum Gasteiger partial charge on any atom is -0.497 e.